The number of carboxylic acid groups (broad SMARTS) is 1. The number of rotatable bonds is 3. The van der Waals surface area contributed by atoms with Crippen molar-refractivity contribution in [3.8, 4) is 0 Å². The van der Waals surface area contributed by atoms with Gasteiger partial charge in [0, 0.05) is 19.3 Å². The van der Waals surface area contributed by atoms with Gasteiger partial charge in [-0.05, 0) is 12.1 Å². The molecule has 2 N–H and O–H groups in total. The van der Waals surface area contributed by atoms with Crippen molar-refractivity contribution in [3.63, 3.8) is 0 Å². The SMILES string of the molecule is CS(=O)(=O)NC1CN(c2ncccc2C(F)(F)F)C1.O=CO. The normalized spacial score (nSPS) is 15.5. The molecular formula is C11H14F3N3O4S. The second-order valence-corrected chi connectivity index (χ2v) is 6.25. The molecule has 1 saturated heterocycles. The largest absolute Gasteiger partial charge is 0.483 e. The zero-order chi connectivity index (χ0) is 17.0. The monoisotopic (exact) mass is 341 g/mol. The fourth-order valence-electron chi connectivity index (χ4n) is 1.90. The van der Waals surface area contributed by atoms with Crippen LogP contribution >= 0.6 is 0 Å². The van der Waals surface area contributed by atoms with E-state index in [1.807, 2.05) is 0 Å². The van der Waals surface area contributed by atoms with Crippen molar-refractivity contribution in [2.45, 2.75) is 12.2 Å². The van der Waals surface area contributed by atoms with Crippen LogP contribution in [-0.2, 0) is 21.0 Å². The molecule has 124 valence electrons. The predicted octanol–water partition coefficient (Wildman–Crippen LogP) is 0.539. The van der Waals surface area contributed by atoms with Gasteiger partial charge < -0.3 is 10.0 Å². The zero-order valence-electron chi connectivity index (χ0n) is 11.4. The second kappa shape index (κ2) is 6.92. The Kier molecular flexibility index (Phi) is 5.72. The summed E-state index contributed by atoms with van der Waals surface area (Å²) in [5.41, 5.74) is -0.812. The van der Waals surface area contributed by atoms with Crippen molar-refractivity contribution in [2.24, 2.45) is 0 Å². The van der Waals surface area contributed by atoms with E-state index in [1.165, 1.54) is 17.2 Å². The van der Waals surface area contributed by atoms with Crippen LogP contribution < -0.4 is 9.62 Å². The number of halogens is 3. The number of carbonyl (C=O) groups is 1. The third-order valence-electron chi connectivity index (χ3n) is 2.65. The van der Waals surface area contributed by atoms with Crippen LogP contribution in [0.3, 0.4) is 0 Å². The van der Waals surface area contributed by atoms with E-state index >= 15 is 0 Å². The third kappa shape index (κ3) is 5.15. The molecule has 0 bridgehead atoms. The van der Waals surface area contributed by atoms with Crippen molar-refractivity contribution in [3.05, 3.63) is 23.9 Å². The van der Waals surface area contributed by atoms with Gasteiger partial charge in [0.25, 0.3) is 6.47 Å². The van der Waals surface area contributed by atoms with Crippen molar-refractivity contribution in [1.82, 2.24) is 9.71 Å². The number of nitrogens with one attached hydrogen (secondary N) is 1. The first-order valence-electron chi connectivity index (χ1n) is 5.90. The molecule has 7 nitrogen and oxygen atoms in total. The number of pyridine rings is 1. The van der Waals surface area contributed by atoms with Crippen LogP contribution in [0.5, 0.6) is 0 Å². The maximum absolute atomic E-state index is 12.8. The van der Waals surface area contributed by atoms with Gasteiger partial charge in [-0.3, -0.25) is 4.79 Å². The Morgan fingerprint density at radius 2 is 2.00 bits per heavy atom. The van der Waals surface area contributed by atoms with Gasteiger partial charge in [-0.25, -0.2) is 18.1 Å². The lowest BCUT2D eigenvalue weighted by molar-refractivity contribution is -0.137. The Hall–Kier alpha value is -1.88. The van der Waals surface area contributed by atoms with Crippen molar-refractivity contribution >= 4 is 22.3 Å². The molecule has 1 fully saturated rings. The van der Waals surface area contributed by atoms with Gasteiger partial charge in [-0.15, -0.1) is 0 Å². The number of anilines is 1. The Balaban J connectivity index is 0.000000745. The van der Waals surface area contributed by atoms with Crippen molar-refractivity contribution < 1.29 is 31.5 Å². The summed E-state index contributed by atoms with van der Waals surface area (Å²) in [5, 5.41) is 6.89. The fraction of sp³-hybridized carbons (Fsp3) is 0.455. The minimum atomic E-state index is -4.47. The molecule has 0 saturated carbocycles. The molecule has 2 heterocycles. The highest BCUT2D eigenvalue weighted by atomic mass is 32.2. The fourth-order valence-corrected chi connectivity index (χ4v) is 2.65. The van der Waals surface area contributed by atoms with Crippen LogP contribution in [0, 0.1) is 0 Å². The highest BCUT2D eigenvalue weighted by Crippen LogP contribution is 2.36. The van der Waals surface area contributed by atoms with E-state index in [2.05, 4.69) is 9.71 Å². The maximum atomic E-state index is 12.8. The molecule has 0 atom stereocenters. The Morgan fingerprint density at radius 1 is 1.45 bits per heavy atom. The van der Waals surface area contributed by atoms with Crippen LogP contribution in [-0.4, -0.2) is 50.4 Å². The van der Waals surface area contributed by atoms with Crippen LogP contribution in [0.15, 0.2) is 18.3 Å². The van der Waals surface area contributed by atoms with Crippen LogP contribution in [0.4, 0.5) is 19.0 Å². The van der Waals surface area contributed by atoms with Gasteiger partial charge in [0.15, 0.2) is 0 Å². The Morgan fingerprint density at radius 3 is 2.45 bits per heavy atom. The average Bonchev–Trinajstić information content (AvgIpc) is 2.32. The predicted molar refractivity (Wildman–Crippen MR) is 71.9 cm³/mol. The van der Waals surface area contributed by atoms with Crippen LogP contribution in [0.2, 0.25) is 0 Å². The zero-order valence-corrected chi connectivity index (χ0v) is 12.2. The quantitative estimate of drug-likeness (QED) is 0.779. The van der Waals surface area contributed by atoms with Crippen molar-refractivity contribution in [2.75, 3.05) is 24.2 Å². The summed E-state index contributed by atoms with van der Waals surface area (Å²) in [6.07, 6.45) is -2.18. The summed E-state index contributed by atoms with van der Waals surface area (Å²) in [6.45, 7) is 0.0975. The third-order valence-corrected chi connectivity index (χ3v) is 3.42. The molecule has 1 aromatic rings. The second-order valence-electron chi connectivity index (χ2n) is 4.47. The minimum Gasteiger partial charge on any atom is -0.483 e. The topological polar surface area (TPSA) is 99.6 Å². The van der Waals surface area contributed by atoms with E-state index in [0.29, 0.717) is 0 Å². The van der Waals surface area contributed by atoms with E-state index in [1.54, 1.807) is 0 Å². The van der Waals surface area contributed by atoms with E-state index < -0.39 is 21.8 Å². The molecule has 0 radical (unpaired) electrons. The molecule has 1 aliphatic heterocycles. The van der Waals surface area contributed by atoms with Gasteiger partial charge in [0.05, 0.1) is 17.9 Å². The average molecular weight is 341 g/mol. The smallest absolute Gasteiger partial charge is 0.419 e. The number of alkyl halides is 3. The molecule has 0 aromatic carbocycles. The minimum absolute atomic E-state index is 0.165. The molecule has 0 unspecified atom stereocenters. The molecule has 0 aliphatic carbocycles. The standard InChI is InChI=1S/C10H12F3N3O2S.CH2O2/c1-19(17,18)15-7-5-16(6-7)9-8(10(11,12)13)3-2-4-14-9;2-1-3/h2-4,7,15H,5-6H2,1H3;1H,(H,2,3). The lowest BCUT2D eigenvalue weighted by Crippen LogP contribution is -2.59. The summed E-state index contributed by atoms with van der Waals surface area (Å²) in [4.78, 5) is 13.5. The van der Waals surface area contributed by atoms with E-state index in [4.69, 9.17) is 9.90 Å². The molecule has 0 amide bonds. The van der Waals surface area contributed by atoms with Crippen LogP contribution in [0.25, 0.3) is 0 Å². The maximum Gasteiger partial charge on any atom is 0.419 e. The Labute approximate surface area is 124 Å². The Bertz CT molecular complexity index is 615. The number of hydrogen-bond donors (Lipinski definition) is 2. The van der Waals surface area contributed by atoms with Gasteiger partial charge in [0.1, 0.15) is 5.82 Å². The highest BCUT2D eigenvalue weighted by Gasteiger charge is 2.39. The van der Waals surface area contributed by atoms with E-state index in [9.17, 15) is 21.6 Å². The number of hydrogen-bond acceptors (Lipinski definition) is 5. The molecule has 1 aliphatic rings. The number of aromatic nitrogens is 1. The van der Waals surface area contributed by atoms with E-state index in [0.717, 1.165) is 12.3 Å². The number of sulfonamides is 1. The molecular weight excluding hydrogens is 327 g/mol. The first-order valence-corrected chi connectivity index (χ1v) is 7.80. The summed E-state index contributed by atoms with van der Waals surface area (Å²) >= 11 is 0. The summed E-state index contributed by atoms with van der Waals surface area (Å²) in [7, 11) is -3.35. The number of nitrogens with zero attached hydrogens (tertiary/aromatic N) is 2. The first-order chi connectivity index (χ1) is 10.1. The lowest BCUT2D eigenvalue weighted by Gasteiger charge is -2.40. The van der Waals surface area contributed by atoms with Crippen LogP contribution in [0.1, 0.15) is 5.56 Å². The van der Waals surface area contributed by atoms with Gasteiger partial charge in [0.2, 0.25) is 10.0 Å². The molecule has 1 aromatic heterocycles. The summed E-state index contributed by atoms with van der Waals surface area (Å²) in [6, 6.07) is 1.80. The highest BCUT2D eigenvalue weighted by molar-refractivity contribution is 7.88. The summed E-state index contributed by atoms with van der Waals surface area (Å²) in [5.74, 6) is -0.165. The molecule has 2 rings (SSSR count). The lowest BCUT2D eigenvalue weighted by atomic mass is 10.1. The molecule has 22 heavy (non-hydrogen) atoms. The van der Waals surface area contributed by atoms with Crippen molar-refractivity contribution in [1.29, 1.82) is 0 Å². The van der Waals surface area contributed by atoms with Gasteiger partial charge in [-0.1, -0.05) is 0 Å². The van der Waals surface area contributed by atoms with Gasteiger partial charge >= 0.3 is 6.18 Å². The first kappa shape index (κ1) is 18.2. The molecule has 11 heteroatoms. The summed E-state index contributed by atoms with van der Waals surface area (Å²) < 4.78 is 62.6. The van der Waals surface area contributed by atoms with Gasteiger partial charge in [-0.2, -0.15) is 13.2 Å². The molecule has 0 spiro atoms. The van der Waals surface area contributed by atoms with E-state index in [-0.39, 0.29) is 31.4 Å².